The van der Waals surface area contributed by atoms with E-state index in [-0.39, 0.29) is 0 Å². The predicted molar refractivity (Wildman–Crippen MR) is 55.9 cm³/mol. The third-order valence-corrected chi connectivity index (χ3v) is 3.72. The van der Waals surface area contributed by atoms with Crippen LogP contribution < -0.4 is 0 Å². The van der Waals surface area contributed by atoms with E-state index in [1.165, 1.54) is 5.56 Å². The SMILES string of the molecule is C[C@]12C=COC[C@H]1[C@@H]2c1ccccc1. The molecule has 1 fully saturated rings. The molecule has 1 heterocycles. The van der Waals surface area contributed by atoms with Crippen LogP contribution in [-0.4, -0.2) is 6.61 Å². The van der Waals surface area contributed by atoms with Crippen LogP contribution in [0.5, 0.6) is 0 Å². The molecule has 3 rings (SSSR count). The van der Waals surface area contributed by atoms with Crippen LogP contribution in [0.4, 0.5) is 0 Å². The summed E-state index contributed by atoms with van der Waals surface area (Å²) < 4.78 is 5.36. The van der Waals surface area contributed by atoms with E-state index >= 15 is 0 Å². The van der Waals surface area contributed by atoms with Crippen LogP contribution in [0.25, 0.3) is 0 Å². The molecule has 72 valence electrons. The van der Waals surface area contributed by atoms with Gasteiger partial charge in [0.1, 0.15) is 0 Å². The van der Waals surface area contributed by atoms with Crippen LogP contribution >= 0.6 is 0 Å². The van der Waals surface area contributed by atoms with E-state index in [1.807, 2.05) is 6.26 Å². The molecule has 1 heteroatoms. The molecule has 1 aromatic rings. The van der Waals surface area contributed by atoms with Gasteiger partial charge in [-0.15, -0.1) is 0 Å². The second-order valence-electron chi connectivity index (χ2n) is 4.50. The monoisotopic (exact) mass is 186 g/mol. The van der Waals surface area contributed by atoms with Gasteiger partial charge in [-0.3, -0.25) is 0 Å². The third kappa shape index (κ3) is 0.955. The van der Waals surface area contributed by atoms with Gasteiger partial charge in [0.25, 0.3) is 0 Å². The molecule has 3 atom stereocenters. The largest absolute Gasteiger partial charge is 0.501 e. The summed E-state index contributed by atoms with van der Waals surface area (Å²) in [5.74, 6) is 1.36. The topological polar surface area (TPSA) is 9.23 Å². The minimum atomic E-state index is 0.361. The molecule has 14 heavy (non-hydrogen) atoms. The van der Waals surface area contributed by atoms with E-state index in [4.69, 9.17) is 4.74 Å². The number of hydrogen-bond acceptors (Lipinski definition) is 1. The van der Waals surface area contributed by atoms with Crippen molar-refractivity contribution in [2.45, 2.75) is 12.8 Å². The zero-order valence-electron chi connectivity index (χ0n) is 8.31. The smallest absolute Gasteiger partial charge is 0.0915 e. The lowest BCUT2D eigenvalue weighted by Gasteiger charge is -2.10. The first-order valence-corrected chi connectivity index (χ1v) is 5.16. The predicted octanol–water partition coefficient (Wildman–Crippen LogP) is 2.95. The maximum atomic E-state index is 5.36. The Morgan fingerprint density at radius 2 is 2.07 bits per heavy atom. The normalized spacial score (nSPS) is 38.6. The van der Waals surface area contributed by atoms with Crippen molar-refractivity contribution in [3.63, 3.8) is 0 Å². The Kier molecular flexibility index (Phi) is 1.52. The Labute approximate surface area is 84.4 Å². The van der Waals surface area contributed by atoms with Crippen LogP contribution in [0.3, 0.4) is 0 Å². The lowest BCUT2D eigenvalue weighted by molar-refractivity contribution is 0.204. The van der Waals surface area contributed by atoms with E-state index < -0.39 is 0 Å². The molecule has 0 bridgehead atoms. The van der Waals surface area contributed by atoms with Gasteiger partial charge in [-0.1, -0.05) is 37.3 Å². The number of rotatable bonds is 1. The van der Waals surface area contributed by atoms with E-state index in [0.717, 1.165) is 6.61 Å². The summed E-state index contributed by atoms with van der Waals surface area (Å²) in [5.41, 5.74) is 1.81. The Morgan fingerprint density at radius 3 is 2.71 bits per heavy atom. The van der Waals surface area contributed by atoms with Gasteiger partial charge < -0.3 is 4.74 Å². The lowest BCUT2D eigenvalue weighted by atomic mass is 10.0. The zero-order chi connectivity index (χ0) is 9.60. The molecule has 1 aliphatic carbocycles. The molecular weight excluding hydrogens is 172 g/mol. The number of benzene rings is 1. The third-order valence-electron chi connectivity index (χ3n) is 3.72. The Morgan fingerprint density at radius 1 is 1.29 bits per heavy atom. The van der Waals surface area contributed by atoms with Gasteiger partial charge in [0.15, 0.2) is 0 Å². The van der Waals surface area contributed by atoms with Crippen LogP contribution in [0.15, 0.2) is 42.7 Å². The second kappa shape index (κ2) is 2.63. The highest BCUT2D eigenvalue weighted by Gasteiger charge is 2.61. The summed E-state index contributed by atoms with van der Waals surface area (Å²) in [7, 11) is 0. The minimum Gasteiger partial charge on any atom is -0.501 e. The van der Waals surface area contributed by atoms with E-state index in [0.29, 0.717) is 17.3 Å². The maximum Gasteiger partial charge on any atom is 0.0915 e. The highest BCUT2D eigenvalue weighted by atomic mass is 16.5. The van der Waals surface area contributed by atoms with E-state index in [9.17, 15) is 0 Å². The molecule has 0 N–H and O–H groups in total. The van der Waals surface area contributed by atoms with Crippen LogP contribution in [-0.2, 0) is 4.74 Å². The van der Waals surface area contributed by atoms with Crippen molar-refractivity contribution < 1.29 is 4.74 Å². The summed E-state index contributed by atoms with van der Waals surface area (Å²) in [6.45, 7) is 3.21. The molecule has 0 saturated heterocycles. The van der Waals surface area contributed by atoms with Crippen molar-refractivity contribution in [2.75, 3.05) is 6.61 Å². The molecule has 0 radical (unpaired) electrons. The van der Waals surface area contributed by atoms with Gasteiger partial charge in [0.05, 0.1) is 12.9 Å². The van der Waals surface area contributed by atoms with E-state index in [2.05, 4.69) is 43.3 Å². The van der Waals surface area contributed by atoms with E-state index in [1.54, 1.807) is 0 Å². The van der Waals surface area contributed by atoms with Crippen molar-refractivity contribution in [3.8, 4) is 0 Å². The highest BCUT2D eigenvalue weighted by Crippen LogP contribution is 2.66. The molecule has 0 amide bonds. The highest BCUT2D eigenvalue weighted by molar-refractivity contribution is 5.36. The molecule has 0 unspecified atom stereocenters. The fourth-order valence-corrected chi connectivity index (χ4v) is 2.73. The van der Waals surface area contributed by atoms with Crippen LogP contribution in [0.1, 0.15) is 18.4 Å². The molecule has 1 aliphatic heterocycles. The summed E-state index contributed by atoms with van der Waals surface area (Å²) in [5, 5.41) is 0. The van der Waals surface area contributed by atoms with Crippen molar-refractivity contribution in [3.05, 3.63) is 48.2 Å². The van der Waals surface area contributed by atoms with Gasteiger partial charge >= 0.3 is 0 Å². The molecule has 2 aliphatic rings. The van der Waals surface area contributed by atoms with Gasteiger partial charge in [-0.2, -0.15) is 0 Å². The van der Waals surface area contributed by atoms with Gasteiger partial charge in [-0.05, 0) is 11.6 Å². The molecule has 1 saturated carbocycles. The van der Waals surface area contributed by atoms with Crippen molar-refractivity contribution in [2.24, 2.45) is 11.3 Å². The molecular formula is C13H14O. The summed E-state index contributed by atoms with van der Waals surface area (Å²) >= 11 is 0. The first-order valence-electron chi connectivity index (χ1n) is 5.16. The van der Waals surface area contributed by atoms with Crippen LogP contribution in [0.2, 0.25) is 0 Å². The average Bonchev–Trinajstić information content (AvgIpc) is 2.85. The summed E-state index contributed by atoms with van der Waals surface area (Å²) in [4.78, 5) is 0. The lowest BCUT2D eigenvalue weighted by Crippen LogP contribution is -2.04. The minimum absolute atomic E-state index is 0.361. The first kappa shape index (κ1) is 8.10. The standard InChI is InChI=1S/C13H14O/c1-13-7-8-14-9-11(13)12(13)10-5-3-2-4-6-10/h2-8,11-12H,9H2,1H3/t11-,12-,13-/m0/s1. The first-order chi connectivity index (χ1) is 6.82. The van der Waals surface area contributed by atoms with Gasteiger partial charge in [0.2, 0.25) is 0 Å². The average molecular weight is 186 g/mol. The fraction of sp³-hybridized carbons (Fsp3) is 0.385. The Hall–Kier alpha value is -1.24. The van der Waals surface area contributed by atoms with Crippen molar-refractivity contribution in [1.82, 2.24) is 0 Å². The quantitative estimate of drug-likeness (QED) is 0.655. The summed E-state index contributed by atoms with van der Waals surface area (Å²) in [6, 6.07) is 10.8. The Balaban J connectivity index is 1.94. The molecule has 1 nitrogen and oxygen atoms in total. The number of hydrogen-bond donors (Lipinski definition) is 0. The molecule has 0 aromatic heterocycles. The van der Waals surface area contributed by atoms with Crippen molar-refractivity contribution >= 4 is 0 Å². The molecule has 1 aromatic carbocycles. The molecule has 0 spiro atoms. The van der Waals surface area contributed by atoms with Crippen LogP contribution in [0, 0.1) is 11.3 Å². The number of allylic oxidation sites excluding steroid dienone is 1. The zero-order valence-corrected chi connectivity index (χ0v) is 8.31. The van der Waals surface area contributed by atoms with Gasteiger partial charge in [0, 0.05) is 17.3 Å². The Bertz CT molecular complexity index is 368. The maximum absolute atomic E-state index is 5.36. The fourth-order valence-electron chi connectivity index (χ4n) is 2.73. The number of fused-ring (bicyclic) bond motifs is 1. The van der Waals surface area contributed by atoms with Crippen molar-refractivity contribution in [1.29, 1.82) is 0 Å². The second-order valence-corrected chi connectivity index (χ2v) is 4.50. The van der Waals surface area contributed by atoms with Gasteiger partial charge in [-0.25, -0.2) is 0 Å². The number of ether oxygens (including phenoxy) is 1. The summed E-state index contributed by atoms with van der Waals surface area (Å²) in [6.07, 6.45) is 4.08.